The van der Waals surface area contributed by atoms with Gasteiger partial charge in [0.1, 0.15) is 0 Å². The number of aliphatic hydroxyl groups is 1. The maximum Gasteiger partial charge on any atom is 0.241 e. The van der Waals surface area contributed by atoms with Gasteiger partial charge in [0, 0.05) is 0 Å². The highest BCUT2D eigenvalue weighted by molar-refractivity contribution is 7.89. The third kappa shape index (κ3) is 3.13. The summed E-state index contributed by atoms with van der Waals surface area (Å²) >= 11 is 0. The van der Waals surface area contributed by atoms with E-state index in [1.165, 1.54) is 12.1 Å². The van der Waals surface area contributed by atoms with Gasteiger partial charge in [-0.15, -0.1) is 10.2 Å². The number of nitrogens with one attached hydrogen (secondary N) is 2. The molecule has 3 N–H and O–H groups in total. The van der Waals surface area contributed by atoms with Crippen LogP contribution in [-0.2, 0) is 16.6 Å². The molecule has 1 heterocycles. The van der Waals surface area contributed by atoms with Crippen LogP contribution in [0.3, 0.4) is 0 Å². The number of hydrogen-bond donors (Lipinski definition) is 3. The highest BCUT2D eigenvalue weighted by Crippen LogP contribution is 2.15. The molecule has 2 aromatic rings. The molecule has 0 amide bonds. The van der Waals surface area contributed by atoms with Gasteiger partial charge in [-0.25, -0.2) is 13.1 Å². The van der Waals surface area contributed by atoms with Crippen molar-refractivity contribution in [3.63, 3.8) is 0 Å². The Morgan fingerprint density at radius 2 is 2.26 bits per heavy atom. The molecular formula is C10H13N5O3S. The maximum atomic E-state index is 12.1. The van der Waals surface area contributed by atoms with Crippen LogP contribution < -0.4 is 4.72 Å². The van der Waals surface area contributed by atoms with Gasteiger partial charge in [-0.05, 0) is 24.6 Å². The molecular weight excluding hydrogens is 270 g/mol. The van der Waals surface area contributed by atoms with Crippen molar-refractivity contribution in [1.82, 2.24) is 25.3 Å². The fourth-order valence-corrected chi connectivity index (χ4v) is 2.79. The minimum Gasteiger partial charge on any atom is -0.392 e. The number of aromatic nitrogens is 4. The molecule has 0 radical (unpaired) electrons. The first-order valence-electron chi connectivity index (χ1n) is 5.48. The van der Waals surface area contributed by atoms with E-state index in [1.54, 1.807) is 19.1 Å². The molecule has 0 fully saturated rings. The standard InChI is InChI=1S/C10H13N5O3S/c1-7(10-11-14-15-12-10)13-19(17,18)9-4-2-3-8(5-9)6-16/h2-5,7,13,16H,6H2,1H3,(H,11,12,14,15). The third-order valence-electron chi connectivity index (χ3n) is 2.47. The van der Waals surface area contributed by atoms with Crippen molar-refractivity contribution in [3.8, 4) is 0 Å². The van der Waals surface area contributed by atoms with Crippen molar-refractivity contribution in [1.29, 1.82) is 0 Å². The monoisotopic (exact) mass is 283 g/mol. The highest BCUT2D eigenvalue weighted by Gasteiger charge is 2.20. The summed E-state index contributed by atoms with van der Waals surface area (Å²) in [6, 6.07) is 5.46. The number of nitrogens with zero attached hydrogens (tertiary/aromatic N) is 3. The Kier molecular flexibility index (Phi) is 3.88. The van der Waals surface area contributed by atoms with E-state index in [0.717, 1.165) is 0 Å². The van der Waals surface area contributed by atoms with Crippen LogP contribution in [0.4, 0.5) is 0 Å². The quantitative estimate of drug-likeness (QED) is 0.694. The summed E-state index contributed by atoms with van der Waals surface area (Å²) < 4.78 is 26.7. The lowest BCUT2D eigenvalue weighted by atomic mass is 10.2. The highest BCUT2D eigenvalue weighted by atomic mass is 32.2. The first-order valence-corrected chi connectivity index (χ1v) is 6.97. The predicted molar refractivity (Wildman–Crippen MR) is 65.3 cm³/mol. The average Bonchev–Trinajstić information content (AvgIpc) is 2.92. The number of H-pyrrole nitrogens is 1. The summed E-state index contributed by atoms with van der Waals surface area (Å²) in [6.07, 6.45) is 0. The van der Waals surface area contributed by atoms with Gasteiger partial charge in [-0.1, -0.05) is 17.3 Å². The molecule has 1 atom stereocenters. The number of sulfonamides is 1. The molecule has 0 saturated carbocycles. The van der Waals surface area contributed by atoms with Crippen molar-refractivity contribution < 1.29 is 13.5 Å². The fourth-order valence-electron chi connectivity index (χ4n) is 1.52. The van der Waals surface area contributed by atoms with Gasteiger partial charge in [0.25, 0.3) is 0 Å². The number of hydrogen-bond acceptors (Lipinski definition) is 6. The molecule has 0 aliphatic rings. The Balaban J connectivity index is 2.22. The van der Waals surface area contributed by atoms with Gasteiger partial charge >= 0.3 is 0 Å². The molecule has 0 aliphatic carbocycles. The van der Waals surface area contributed by atoms with Gasteiger partial charge in [0.05, 0.1) is 17.5 Å². The number of rotatable bonds is 5. The van der Waals surface area contributed by atoms with E-state index in [9.17, 15) is 8.42 Å². The Morgan fingerprint density at radius 1 is 1.47 bits per heavy atom. The van der Waals surface area contributed by atoms with Gasteiger partial charge in [0.15, 0.2) is 5.82 Å². The molecule has 0 saturated heterocycles. The van der Waals surface area contributed by atoms with Gasteiger partial charge in [-0.3, -0.25) is 0 Å². The van der Waals surface area contributed by atoms with Crippen LogP contribution in [0, 0.1) is 0 Å². The Hall–Kier alpha value is -1.84. The number of aromatic amines is 1. The second-order valence-electron chi connectivity index (χ2n) is 3.92. The molecule has 0 aliphatic heterocycles. The smallest absolute Gasteiger partial charge is 0.241 e. The maximum absolute atomic E-state index is 12.1. The summed E-state index contributed by atoms with van der Waals surface area (Å²) in [5, 5.41) is 22.1. The number of aliphatic hydroxyl groups excluding tert-OH is 1. The zero-order valence-corrected chi connectivity index (χ0v) is 10.9. The van der Waals surface area contributed by atoms with E-state index in [4.69, 9.17) is 5.11 Å². The van der Waals surface area contributed by atoms with E-state index >= 15 is 0 Å². The van der Waals surface area contributed by atoms with Gasteiger partial charge in [0.2, 0.25) is 10.0 Å². The van der Waals surface area contributed by atoms with Crippen molar-refractivity contribution in [2.45, 2.75) is 24.5 Å². The third-order valence-corrected chi connectivity index (χ3v) is 4.01. The summed E-state index contributed by atoms with van der Waals surface area (Å²) in [6.45, 7) is 1.39. The largest absolute Gasteiger partial charge is 0.392 e. The molecule has 9 heteroatoms. The van der Waals surface area contributed by atoms with Gasteiger partial charge in [-0.2, -0.15) is 5.21 Å². The van der Waals surface area contributed by atoms with Gasteiger partial charge < -0.3 is 5.11 Å². The molecule has 1 aromatic heterocycles. The lowest BCUT2D eigenvalue weighted by molar-refractivity contribution is 0.281. The van der Waals surface area contributed by atoms with E-state index in [1.807, 2.05) is 0 Å². The number of benzene rings is 1. The molecule has 1 unspecified atom stereocenters. The Morgan fingerprint density at radius 3 is 2.89 bits per heavy atom. The van der Waals surface area contributed by atoms with Crippen LogP contribution in [0.25, 0.3) is 0 Å². The second-order valence-corrected chi connectivity index (χ2v) is 5.63. The van der Waals surface area contributed by atoms with E-state index in [0.29, 0.717) is 5.56 Å². The minimum atomic E-state index is -3.70. The summed E-state index contributed by atoms with van der Waals surface area (Å²) in [5.41, 5.74) is 0.523. The summed E-state index contributed by atoms with van der Waals surface area (Å²) in [5.74, 6) is 0.252. The predicted octanol–water partition coefficient (Wildman–Crippen LogP) is -0.269. The van der Waals surface area contributed by atoms with Crippen molar-refractivity contribution in [2.75, 3.05) is 0 Å². The molecule has 2 rings (SSSR count). The first kappa shape index (κ1) is 13.6. The van der Waals surface area contributed by atoms with Crippen LogP contribution in [0.2, 0.25) is 0 Å². The normalized spacial score (nSPS) is 13.4. The first-order chi connectivity index (χ1) is 9.03. The molecule has 0 bridgehead atoms. The Labute approximate surface area is 109 Å². The van der Waals surface area contributed by atoms with E-state index in [2.05, 4.69) is 25.3 Å². The van der Waals surface area contributed by atoms with Crippen LogP contribution >= 0.6 is 0 Å². The summed E-state index contributed by atoms with van der Waals surface area (Å²) in [4.78, 5) is 0.0781. The van der Waals surface area contributed by atoms with Crippen LogP contribution in [0.1, 0.15) is 24.4 Å². The summed E-state index contributed by atoms with van der Waals surface area (Å²) in [7, 11) is -3.70. The van der Waals surface area contributed by atoms with Crippen molar-refractivity contribution in [2.24, 2.45) is 0 Å². The SMILES string of the molecule is CC(NS(=O)(=O)c1cccc(CO)c1)c1nn[nH]n1. The second kappa shape index (κ2) is 5.43. The number of tetrazole rings is 1. The topological polar surface area (TPSA) is 121 Å². The molecule has 102 valence electrons. The minimum absolute atomic E-state index is 0.0781. The average molecular weight is 283 g/mol. The zero-order valence-electron chi connectivity index (χ0n) is 10.1. The molecule has 1 aromatic carbocycles. The van der Waals surface area contributed by atoms with Crippen LogP contribution in [0.5, 0.6) is 0 Å². The zero-order chi connectivity index (χ0) is 13.9. The van der Waals surface area contributed by atoms with Crippen LogP contribution in [0.15, 0.2) is 29.2 Å². The van der Waals surface area contributed by atoms with Crippen LogP contribution in [-0.4, -0.2) is 34.1 Å². The molecule has 0 spiro atoms. The fraction of sp³-hybridized carbons (Fsp3) is 0.300. The van der Waals surface area contributed by atoms with E-state index in [-0.39, 0.29) is 17.3 Å². The van der Waals surface area contributed by atoms with Crippen molar-refractivity contribution >= 4 is 10.0 Å². The van der Waals surface area contributed by atoms with Crippen molar-refractivity contribution in [3.05, 3.63) is 35.7 Å². The molecule has 8 nitrogen and oxygen atoms in total. The lowest BCUT2D eigenvalue weighted by Gasteiger charge is -2.11. The Bertz CT molecular complexity index is 641. The molecule has 19 heavy (non-hydrogen) atoms. The lowest BCUT2D eigenvalue weighted by Crippen LogP contribution is -2.27. The van der Waals surface area contributed by atoms with E-state index < -0.39 is 16.1 Å².